The summed E-state index contributed by atoms with van der Waals surface area (Å²) in [7, 11) is 0. The number of carbonyl (C=O) groups excluding carboxylic acids is 1. The number of hydrogen-bond acceptors (Lipinski definition) is 4. The van der Waals surface area contributed by atoms with E-state index >= 15 is 0 Å². The number of hydrogen-bond donors (Lipinski definition) is 1. The molecule has 0 radical (unpaired) electrons. The third kappa shape index (κ3) is 3.58. The lowest BCUT2D eigenvalue weighted by atomic mass is 9.64. The van der Waals surface area contributed by atoms with Gasteiger partial charge in [0, 0.05) is 12.0 Å². The second-order valence-electron chi connectivity index (χ2n) is 6.51. The predicted octanol–water partition coefficient (Wildman–Crippen LogP) is 4.63. The third-order valence-corrected chi connectivity index (χ3v) is 7.10. The lowest BCUT2D eigenvalue weighted by Crippen LogP contribution is -2.46. The molecule has 1 N–H and O–H groups in total. The number of benzene rings is 2. The highest BCUT2D eigenvalue weighted by Crippen LogP contribution is 2.43. The van der Waals surface area contributed by atoms with Crippen molar-refractivity contribution in [2.45, 2.75) is 29.0 Å². The Morgan fingerprint density at radius 1 is 1.12 bits per heavy atom. The second kappa shape index (κ2) is 7.18. The van der Waals surface area contributed by atoms with E-state index in [0.29, 0.717) is 5.75 Å². The Kier molecular flexibility index (Phi) is 4.77. The summed E-state index contributed by atoms with van der Waals surface area (Å²) in [6.07, 6.45) is 3.55. The number of amides is 1. The van der Waals surface area contributed by atoms with E-state index in [-0.39, 0.29) is 11.3 Å². The molecule has 0 saturated heterocycles. The van der Waals surface area contributed by atoms with E-state index in [1.165, 1.54) is 28.4 Å². The minimum absolute atomic E-state index is 0.0893. The lowest BCUT2D eigenvalue weighted by molar-refractivity contribution is -0.119. The van der Waals surface area contributed by atoms with Crippen molar-refractivity contribution in [2.24, 2.45) is 0 Å². The zero-order chi connectivity index (χ0) is 17.1. The first-order chi connectivity index (χ1) is 12.3. The van der Waals surface area contributed by atoms with Crippen molar-refractivity contribution in [3.8, 4) is 0 Å². The summed E-state index contributed by atoms with van der Waals surface area (Å²) in [6, 6.07) is 18.7. The number of nitrogens with one attached hydrogen (secondary N) is 1. The van der Waals surface area contributed by atoms with Crippen molar-refractivity contribution >= 4 is 39.2 Å². The minimum Gasteiger partial charge on any atom is -0.354 e. The molecule has 0 bridgehead atoms. The van der Waals surface area contributed by atoms with Gasteiger partial charge in [-0.05, 0) is 30.5 Å². The van der Waals surface area contributed by atoms with E-state index in [4.69, 9.17) is 0 Å². The van der Waals surface area contributed by atoms with Crippen molar-refractivity contribution in [3.05, 3.63) is 60.2 Å². The smallest absolute Gasteiger partial charge is 0.230 e. The maximum absolute atomic E-state index is 12.3. The van der Waals surface area contributed by atoms with Crippen LogP contribution in [0.4, 0.5) is 0 Å². The Hall–Kier alpha value is -1.85. The number of nitrogens with zero attached hydrogens (tertiary/aromatic N) is 1. The molecule has 1 amide bonds. The van der Waals surface area contributed by atoms with Crippen LogP contribution in [0, 0.1) is 0 Å². The van der Waals surface area contributed by atoms with Crippen LogP contribution in [-0.2, 0) is 10.2 Å². The van der Waals surface area contributed by atoms with Crippen molar-refractivity contribution < 1.29 is 4.79 Å². The number of carbonyl (C=O) groups is 1. The molecule has 1 heterocycles. The van der Waals surface area contributed by atoms with Crippen LogP contribution in [0.3, 0.4) is 0 Å². The van der Waals surface area contributed by atoms with E-state index in [9.17, 15) is 4.79 Å². The molecule has 1 aromatic heterocycles. The van der Waals surface area contributed by atoms with Crippen LogP contribution >= 0.6 is 23.1 Å². The maximum Gasteiger partial charge on any atom is 0.230 e. The van der Waals surface area contributed by atoms with Gasteiger partial charge >= 0.3 is 0 Å². The summed E-state index contributed by atoms with van der Waals surface area (Å²) in [5.41, 5.74) is 2.49. The Morgan fingerprint density at radius 3 is 2.60 bits per heavy atom. The van der Waals surface area contributed by atoms with Gasteiger partial charge < -0.3 is 5.32 Å². The first-order valence-electron chi connectivity index (χ1n) is 8.56. The van der Waals surface area contributed by atoms with Crippen LogP contribution < -0.4 is 5.32 Å². The maximum atomic E-state index is 12.3. The largest absolute Gasteiger partial charge is 0.354 e. The summed E-state index contributed by atoms with van der Waals surface area (Å²) in [4.78, 5) is 16.9. The van der Waals surface area contributed by atoms with Gasteiger partial charge in [0.05, 0.1) is 16.0 Å². The summed E-state index contributed by atoms with van der Waals surface area (Å²) in [6.45, 7) is 0.732. The number of rotatable bonds is 6. The highest BCUT2D eigenvalue weighted by Gasteiger charge is 2.38. The standard InChI is InChI=1S/C20H20N2OS2/c23-18(13-24-19-22-16-9-4-5-10-17(16)25-19)21-14-20(11-6-12-20)15-7-2-1-3-8-15/h1-5,7-10H,6,11-14H2,(H,21,23). The van der Waals surface area contributed by atoms with Gasteiger partial charge in [-0.15, -0.1) is 11.3 Å². The topological polar surface area (TPSA) is 42.0 Å². The zero-order valence-corrected chi connectivity index (χ0v) is 15.5. The second-order valence-corrected chi connectivity index (χ2v) is 8.77. The summed E-state index contributed by atoms with van der Waals surface area (Å²) >= 11 is 3.17. The fraction of sp³-hybridized carbons (Fsp3) is 0.300. The predicted molar refractivity (Wildman–Crippen MR) is 105 cm³/mol. The minimum atomic E-state index is 0.0893. The molecule has 4 rings (SSSR count). The van der Waals surface area contributed by atoms with E-state index in [1.54, 1.807) is 11.3 Å². The molecule has 0 aliphatic heterocycles. The van der Waals surface area contributed by atoms with E-state index < -0.39 is 0 Å². The van der Waals surface area contributed by atoms with Crippen molar-refractivity contribution in [1.29, 1.82) is 0 Å². The Morgan fingerprint density at radius 2 is 1.88 bits per heavy atom. The van der Waals surface area contributed by atoms with Crippen LogP contribution in [0.25, 0.3) is 10.2 Å². The van der Waals surface area contributed by atoms with Gasteiger partial charge in [-0.1, -0.05) is 60.6 Å². The van der Waals surface area contributed by atoms with Gasteiger partial charge in [-0.2, -0.15) is 0 Å². The van der Waals surface area contributed by atoms with Crippen LogP contribution in [-0.4, -0.2) is 23.2 Å². The highest BCUT2D eigenvalue weighted by molar-refractivity contribution is 8.01. The molecule has 0 spiro atoms. The number of thioether (sulfide) groups is 1. The van der Waals surface area contributed by atoms with Gasteiger partial charge in [0.25, 0.3) is 0 Å². The molecule has 1 aliphatic rings. The lowest BCUT2D eigenvalue weighted by Gasteiger charge is -2.42. The molecular weight excluding hydrogens is 348 g/mol. The number of fused-ring (bicyclic) bond motifs is 1. The third-order valence-electron chi connectivity index (χ3n) is 4.92. The quantitative estimate of drug-likeness (QED) is 0.645. The number of para-hydroxylation sites is 1. The summed E-state index contributed by atoms with van der Waals surface area (Å²) in [5, 5.41) is 3.15. The normalized spacial score (nSPS) is 15.7. The molecular formula is C20H20N2OS2. The monoisotopic (exact) mass is 368 g/mol. The average Bonchev–Trinajstić information content (AvgIpc) is 3.03. The van der Waals surface area contributed by atoms with Gasteiger partial charge in [0.2, 0.25) is 5.91 Å². The van der Waals surface area contributed by atoms with Crippen molar-refractivity contribution in [1.82, 2.24) is 10.3 Å². The molecule has 5 heteroatoms. The summed E-state index contributed by atoms with van der Waals surface area (Å²) in [5.74, 6) is 0.511. The first kappa shape index (κ1) is 16.6. The van der Waals surface area contributed by atoms with Crippen LogP contribution in [0.1, 0.15) is 24.8 Å². The van der Waals surface area contributed by atoms with Gasteiger partial charge in [-0.25, -0.2) is 4.98 Å². The Bertz CT molecular complexity index is 839. The molecule has 1 aliphatic carbocycles. The molecule has 128 valence electrons. The molecule has 25 heavy (non-hydrogen) atoms. The van der Waals surface area contributed by atoms with Crippen LogP contribution in [0.2, 0.25) is 0 Å². The first-order valence-corrected chi connectivity index (χ1v) is 10.4. The fourth-order valence-electron chi connectivity index (χ4n) is 3.32. The van der Waals surface area contributed by atoms with Crippen molar-refractivity contribution in [3.63, 3.8) is 0 Å². The SMILES string of the molecule is O=C(CSc1nc2ccccc2s1)NCC1(c2ccccc2)CCC1. The molecule has 0 unspecified atom stereocenters. The number of aromatic nitrogens is 1. The molecule has 1 saturated carbocycles. The van der Waals surface area contributed by atoms with Crippen LogP contribution in [0.15, 0.2) is 58.9 Å². The zero-order valence-electron chi connectivity index (χ0n) is 13.9. The average molecular weight is 369 g/mol. The van der Waals surface area contributed by atoms with Crippen molar-refractivity contribution in [2.75, 3.05) is 12.3 Å². The Labute approximate surface area is 155 Å². The Balaban J connectivity index is 1.33. The van der Waals surface area contributed by atoms with Gasteiger partial charge in [-0.3, -0.25) is 4.79 Å². The van der Waals surface area contributed by atoms with Gasteiger partial charge in [0.1, 0.15) is 0 Å². The van der Waals surface area contributed by atoms with E-state index in [0.717, 1.165) is 29.2 Å². The molecule has 2 aromatic carbocycles. The summed E-state index contributed by atoms with van der Waals surface area (Å²) < 4.78 is 2.13. The van der Waals surface area contributed by atoms with E-state index in [2.05, 4.69) is 40.6 Å². The molecule has 1 fully saturated rings. The number of thiazole rings is 1. The highest BCUT2D eigenvalue weighted by atomic mass is 32.2. The molecule has 0 atom stereocenters. The van der Waals surface area contributed by atoms with E-state index in [1.807, 2.05) is 24.3 Å². The molecule has 3 nitrogen and oxygen atoms in total. The van der Waals surface area contributed by atoms with Crippen LogP contribution in [0.5, 0.6) is 0 Å². The molecule has 3 aromatic rings. The fourth-order valence-corrected chi connectivity index (χ4v) is 5.22. The van der Waals surface area contributed by atoms with Gasteiger partial charge in [0.15, 0.2) is 4.34 Å².